The maximum atomic E-state index is 5.27. The monoisotopic (exact) mass is 397 g/mol. The standard InChI is InChI=1S/C15H31N3O.HI/c1-5-7-8-9-13(3)18-14(16-6-2)17-10-15(4)11-19-12-15;/h13H,5-12H2,1-4H3,(H2,16,17,18);1H. The van der Waals surface area contributed by atoms with E-state index in [2.05, 4.69) is 43.3 Å². The van der Waals surface area contributed by atoms with Crippen LogP contribution in [0.25, 0.3) is 0 Å². The smallest absolute Gasteiger partial charge is 0.191 e. The SMILES string of the molecule is CCCCCC(C)NC(=NCC1(C)COC1)NCC.I. The zero-order chi connectivity index (χ0) is 14.1. The van der Waals surface area contributed by atoms with E-state index < -0.39 is 0 Å². The average molecular weight is 397 g/mol. The van der Waals surface area contributed by atoms with Gasteiger partial charge in [-0.15, -0.1) is 24.0 Å². The van der Waals surface area contributed by atoms with Gasteiger partial charge in [0.25, 0.3) is 0 Å². The fourth-order valence-electron chi connectivity index (χ4n) is 2.14. The van der Waals surface area contributed by atoms with Crippen molar-refractivity contribution in [3.05, 3.63) is 0 Å². The Bertz CT molecular complexity index is 280. The first-order chi connectivity index (χ1) is 9.09. The Hall–Kier alpha value is -0.0400. The summed E-state index contributed by atoms with van der Waals surface area (Å²) in [7, 11) is 0. The summed E-state index contributed by atoms with van der Waals surface area (Å²) >= 11 is 0. The molecular weight excluding hydrogens is 365 g/mol. The van der Waals surface area contributed by atoms with E-state index in [1.807, 2.05) is 0 Å². The third-order valence-electron chi connectivity index (χ3n) is 3.49. The van der Waals surface area contributed by atoms with Gasteiger partial charge >= 0.3 is 0 Å². The molecule has 120 valence electrons. The molecule has 1 saturated heterocycles. The number of hydrogen-bond acceptors (Lipinski definition) is 2. The molecule has 0 aromatic heterocycles. The number of halogens is 1. The molecule has 1 fully saturated rings. The minimum absolute atomic E-state index is 0. The van der Waals surface area contributed by atoms with Crippen molar-refractivity contribution in [3.63, 3.8) is 0 Å². The van der Waals surface area contributed by atoms with E-state index in [4.69, 9.17) is 4.74 Å². The Morgan fingerprint density at radius 3 is 2.50 bits per heavy atom. The lowest BCUT2D eigenvalue weighted by Gasteiger charge is -2.36. The summed E-state index contributed by atoms with van der Waals surface area (Å²) in [5, 5.41) is 6.82. The Morgan fingerprint density at radius 2 is 2.00 bits per heavy atom. The van der Waals surface area contributed by atoms with E-state index in [-0.39, 0.29) is 29.4 Å². The Morgan fingerprint density at radius 1 is 1.30 bits per heavy atom. The molecule has 1 heterocycles. The second kappa shape index (κ2) is 10.7. The molecule has 20 heavy (non-hydrogen) atoms. The van der Waals surface area contributed by atoms with Gasteiger partial charge in [-0.1, -0.05) is 33.1 Å². The molecule has 0 spiro atoms. The molecule has 1 rings (SSSR count). The largest absolute Gasteiger partial charge is 0.380 e. The highest BCUT2D eigenvalue weighted by atomic mass is 127. The number of nitrogens with one attached hydrogen (secondary N) is 2. The van der Waals surface area contributed by atoms with Gasteiger partial charge in [-0.25, -0.2) is 0 Å². The van der Waals surface area contributed by atoms with E-state index in [0.29, 0.717) is 6.04 Å². The molecule has 0 saturated carbocycles. The fraction of sp³-hybridized carbons (Fsp3) is 0.933. The van der Waals surface area contributed by atoms with Crippen molar-refractivity contribution < 1.29 is 4.74 Å². The van der Waals surface area contributed by atoms with Crippen LogP contribution in [0.3, 0.4) is 0 Å². The summed E-state index contributed by atoms with van der Waals surface area (Å²) in [5.41, 5.74) is 0.244. The van der Waals surface area contributed by atoms with Crippen LogP contribution in [0.5, 0.6) is 0 Å². The zero-order valence-corrected chi connectivity index (χ0v) is 15.8. The van der Waals surface area contributed by atoms with E-state index in [1.54, 1.807) is 0 Å². The number of ether oxygens (including phenoxy) is 1. The van der Waals surface area contributed by atoms with Crippen molar-refractivity contribution >= 4 is 29.9 Å². The Balaban J connectivity index is 0.00000361. The lowest BCUT2D eigenvalue weighted by molar-refractivity contribution is -0.0945. The van der Waals surface area contributed by atoms with Crippen molar-refractivity contribution in [2.24, 2.45) is 10.4 Å². The first-order valence-corrected chi connectivity index (χ1v) is 7.72. The molecule has 5 heteroatoms. The summed E-state index contributed by atoms with van der Waals surface area (Å²) < 4.78 is 5.27. The molecule has 1 atom stereocenters. The number of unbranched alkanes of at least 4 members (excludes halogenated alkanes) is 2. The van der Waals surface area contributed by atoms with Gasteiger partial charge in [0.15, 0.2) is 5.96 Å². The van der Waals surface area contributed by atoms with Crippen LogP contribution in [0.15, 0.2) is 4.99 Å². The van der Waals surface area contributed by atoms with Crippen molar-refractivity contribution in [1.82, 2.24) is 10.6 Å². The first-order valence-electron chi connectivity index (χ1n) is 7.72. The van der Waals surface area contributed by atoms with Crippen LogP contribution >= 0.6 is 24.0 Å². The molecule has 2 N–H and O–H groups in total. The molecule has 0 aromatic rings. The normalized spacial score (nSPS) is 18.7. The molecule has 0 bridgehead atoms. The number of nitrogens with zero attached hydrogens (tertiary/aromatic N) is 1. The Kier molecular flexibility index (Phi) is 10.6. The quantitative estimate of drug-likeness (QED) is 0.286. The molecular formula is C15H32IN3O. The average Bonchev–Trinajstić information content (AvgIpc) is 2.34. The molecule has 0 radical (unpaired) electrons. The van der Waals surface area contributed by atoms with Crippen LogP contribution in [0, 0.1) is 5.41 Å². The van der Waals surface area contributed by atoms with E-state index >= 15 is 0 Å². The maximum Gasteiger partial charge on any atom is 0.191 e. The number of guanidine groups is 1. The van der Waals surface area contributed by atoms with Crippen molar-refractivity contribution in [1.29, 1.82) is 0 Å². The highest BCUT2D eigenvalue weighted by Crippen LogP contribution is 2.26. The number of hydrogen-bond donors (Lipinski definition) is 2. The van der Waals surface area contributed by atoms with Crippen molar-refractivity contribution in [3.8, 4) is 0 Å². The van der Waals surface area contributed by atoms with Crippen LogP contribution < -0.4 is 10.6 Å². The molecule has 0 aliphatic carbocycles. The highest BCUT2D eigenvalue weighted by molar-refractivity contribution is 14.0. The highest BCUT2D eigenvalue weighted by Gasteiger charge is 2.33. The zero-order valence-electron chi connectivity index (χ0n) is 13.5. The molecule has 1 aliphatic rings. The number of rotatable bonds is 8. The fourth-order valence-corrected chi connectivity index (χ4v) is 2.14. The van der Waals surface area contributed by atoms with Crippen LogP contribution in [-0.2, 0) is 4.74 Å². The van der Waals surface area contributed by atoms with Crippen molar-refractivity contribution in [2.45, 2.75) is 59.4 Å². The van der Waals surface area contributed by atoms with E-state index in [0.717, 1.165) is 32.3 Å². The van der Waals surface area contributed by atoms with Crippen molar-refractivity contribution in [2.75, 3.05) is 26.3 Å². The minimum atomic E-state index is 0. The number of aliphatic imine (C=N–C) groups is 1. The van der Waals surface area contributed by atoms with E-state index in [1.165, 1.54) is 25.7 Å². The minimum Gasteiger partial charge on any atom is -0.380 e. The van der Waals surface area contributed by atoms with Gasteiger partial charge in [0.2, 0.25) is 0 Å². The van der Waals surface area contributed by atoms with Gasteiger partial charge in [-0.2, -0.15) is 0 Å². The summed E-state index contributed by atoms with van der Waals surface area (Å²) in [6, 6.07) is 0.481. The van der Waals surface area contributed by atoms with Gasteiger partial charge in [-0.3, -0.25) is 4.99 Å². The lowest BCUT2D eigenvalue weighted by Crippen LogP contribution is -2.46. The lowest BCUT2D eigenvalue weighted by atomic mass is 9.89. The Labute approximate surface area is 141 Å². The van der Waals surface area contributed by atoms with Crippen LogP contribution in [-0.4, -0.2) is 38.3 Å². The summed E-state index contributed by atoms with van der Waals surface area (Å²) in [5.74, 6) is 0.944. The predicted octanol–water partition coefficient (Wildman–Crippen LogP) is 3.16. The topological polar surface area (TPSA) is 45.7 Å². The first kappa shape index (κ1) is 20.0. The third kappa shape index (κ3) is 7.67. The van der Waals surface area contributed by atoms with E-state index in [9.17, 15) is 0 Å². The van der Waals surface area contributed by atoms with Crippen LogP contribution in [0.1, 0.15) is 53.4 Å². The predicted molar refractivity (Wildman–Crippen MR) is 97.1 cm³/mol. The van der Waals surface area contributed by atoms with Gasteiger partial charge in [0, 0.05) is 18.0 Å². The molecule has 0 aromatic carbocycles. The summed E-state index contributed by atoms with van der Waals surface area (Å²) in [6.07, 6.45) is 5.09. The second-order valence-corrected chi connectivity index (χ2v) is 6.04. The van der Waals surface area contributed by atoms with Crippen LogP contribution in [0.4, 0.5) is 0 Å². The molecule has 4 nitrogen and oxygen atoms in total. The third-order valence-corrected chi connectivity index (χ3v) is 3.49. The second-order valence-electron chi connectivity index (χ2n) is 6.04. The van der Waals surface area contributed by atoms with Gasteiger partial charge in [-0.05, 0) is 20.3 Å². The van der Waals surface area contributed by atoms with Crippen LogP contribution in [0.2, 0.25) is 0 Å². The van der Waals surface area contributed by atoms with Gasteiger partial charge in [0.1, 0.15) is 0 Å². The summed E-state index contributed by atoms with van der Waals surface area (Å²) in [6.45, 7) is 12.2. The van der Waals surface area contributed by atoms with Gasteiger partial charge < -0.3 is 15.4 Å². The molecule has 1 aliphatic heterocycles. The molecule has 0 amide bonds. The molecule has 1 unspecified atom stereocenters. The summed E-state index contributed by atoms with van der Waals surface area (Å²) in [4.78, 5) is 4.69. The maximum absolute atomic E-state index is 5.27. The van der Waals surface area contributed by atoms with Gasteiger partial charge in [0.05, 0.1) is 19.8 Å².